The molecule has 0 unspecified atom stereocenters. The lowest BCUT2D eigenvalue weighted by Crippen LogP contribution is -2.29. The maximum atomic E-state index is 13.8. The molecule has 7 heteroatoms. The Bertz CT molecular complexity index is 666. The van der Waals surface area contributed by atoms with E-state index in [0.717, 1.165) is 0 Å². The molecule has 0 radical (unpaired) electrons. The van der Waals surface area contributed by atoms with Crippen molar-refractivity contribution in [2.75, 3.05) is 12.4 Å². The van der Waals surface area contributed by atoms with Crippen LogP contribution in [0.1, 0.15) is 45.7 Å². The monoisotopic (exact) mass is 359 g/mol. The molecule has 0 aliphatic rings. The van der Waals surface area contributed by atoms with E-state index in [-0.39, 0.29) is 18.1 Å². The number of hydrogen-bond acceptors (Lipinski definition) is 4. The molecule has 0 bridgehead atoms. The molecule has 1 aromatic rings. The van der Waals surface area contributed by atoms with Gasteiger partial charge >= 0.3 is 0 Å². The van der Waals surface area contributed by atoms with E-state index in [2.05, 4.69) is 4.72 Å². The zero-order valence-corrected chi connectivity index (χ0v) is 15.4. The summed E-state index contributed by atoms with van der Waals surface area (Å²) in [6.07, 6.45) is 4.01. The molecule has 2 N–H and O–H groups in total. The van der Waals surface area contributed by atoms with Crippen LogP contribution in [0.25, 0.3) is 0 Å². The van der Waals surface area contributed by atoms with Crippen molar-refractivity contribution in [3.8, 4) is 5.75 Å². The highest BCUT2D eigenvalue weighted by Gasteiger charge is 2.18. The van der Waals surface area contributed by atoms with Crippen molar-refractivity contribution < 1.29 is 22.7 Å². The standard InChI is InChI=1S/C17H26FNO4S/c1-5-6-7-10-24(21,22)19-13(2)14-8-9-15(18)16(11-14)23-12-17(3,4)20/h5-6,8-9,11,13,19-20H,7,10,12H2,1-4H3/b6-5+/t13-/m1/s1. The molecule has 0 aliphatic heterocycles. The van der Waals surface area contributed by atoms with Crippen LogP contribution in [0.5, 0.6) is 5.75 Å². The van der Waals surface area contributed by atoms with Gasteiger partial charge in [0, 0.05) is 6.04 Å². The highest BCUT2D eigenvalue weighted by atomic mass is 32.2. The van der Waals surface area contributed by atoms with Crippen LogP contribution < -0.4 is 9.46 Å². The topological polar surface area (TPSA) is 75.6 Å². The van der Waals surface area contributed by atoms with Gasteiger partial charge in [-0.05, 0) is 51.8 Å². The first-order valence-electron chi connectivity index (χ1n) is 7.80. The van der Waals surface area contributed by atoms with Crippen molar-refractivity contribution in [2.24, 2.45) is 0 Å². The summed E-state index contributed by atoms with van der Waals surface area (Å²) in [4.78, 5) is 0. The van der Waals surface area contributed by atoms with Crippen LogP contribution in [-0.2, 0) is 10.0 Å². The summed E-state index contributed by atoms with van der Waals surface area (Å²) >= 11 is 0. The van der Waals surface area contributed by atoms with Crippen molar-refractivity contribution in [3.63, 3.8) is 0 Å². The van der Waals surface area contributed by atoms with Gasteiger partial charge in [-0.25, -0.2) is 17.5 Å². The second kappa shape index (κ2) is 8.60. The van der Waals surface area contributed by atoms with Crippen molar-refractivity contribution in [1.82, 2.24) is 4.72 Å². The molecule has 0 fully saturated rings. The fourth-order valence-electron chi connectivity index (χ4n) is 1.94. The second-order valence-corrected chi connectivity index (χ2v) is 8.18. The molecule has 0 aliphatic carbocycles. The van der Waals surface area contributed by atoms with Gasteiger partial charge in [-0.2, -0.15) is 0 Å². The summed E-state index contributed by atoms with van der Waals surface area (Å²) in [7, 11) is -3.44. The van der Waals surface area contributed by atoms with E-state index in [4.69, 9.17) is 4.74 Å². The summed E-state index contributed by atoms with van der Waals surface area (Å²) in [5.41, 5.74) is -0.514. The van der Waals surface area contributed by atoms with Gasteiger partial charge in [0.05, 0.1) is 11.4 Å². The average Bonchev–Trinajstić information content (AvgIpc) is 2.45. The summed E-state index contributed by atoms with van der Waals surface area (Å²) < 4.78 is 45.7. The van der Waals surface area contributed by atoms with E-state index in [1.54, 1.807) is 32.9 Å². The van der Waals surface area contributed by atoms with Crippen LogP contribution in [0.2, 0.25) is 0 Å². The number of benzene rings is 1. The third-order valence-corrected chi connectivity index (χ3v) is 4.67. The summed E-state index contributed by atoms with van der Waals surface area (Å²) in [5, 5.41) is 9.66. The lowest BCUT2D eigenvalue weighted by atomic mass is 10.1. The molecular weight excluding hydrogens is 333 g/mol. The number of sulfonamides is 1. The Morgan fingerprint density at radius 2 is 2.08 bits per heavy atom. The van der Waals surface area contributed by atoms with Crippen LogP contribution in [-0.4, -0.2) is 31.5 Å². The fourth-order valence-corrected chi connectivity index (χ4v) is 3.18. The number of ether oxygens (including phenoxy) is 1. The Morgan fingerprint density at radius 3 is 2.67 bits per heavy atom. The molecule has 136 valence electrons. The van der Waals surface area contributed by atoms with Gasteiger partial charge in [0.1, 0.15) is 6.61 Å². The van der Waals surface area contributed by atoms with Crippen LogP contribution in [0.3, 0.4) is 0 Å². The molecule has 0 heterocycles. The van der Waals surface area contributed by atoms with Gasteiger partial charge < -0.3 is 9.84 Å². The first-order chi connectivity index (χ1) is 11.0. The molecule has 5 nitrogen and oxygen atoms in total. The lowest BCUT2D eigenvalue weighted by Gasteiger charge is -2.19. The normalized spacial score (nSPS) is 14.1. The average molecular weight is 359 g/mol. The van der Waals surface area contributed by atoms with Crippen molar-refractivity contribution >= 4 is 10.0 Å². The van der Waals surface area contributed by atoms with Gasteiger partial charge in [-0.15, -0.1) is 0 Å². The minimum Gasteiger partial charge on any atom is -0.488 e. The van der Waals surface area contributed by atoms with E-state index in [1.165, 1.54) is 18.2 Å². The molecule has 0 saturated heterocycles. The number of aliphatic hydroxyl groups is 1. The maximum Gasteiger partial charge on any atom is 0.212 e. The molecular formula is C17H26FNO4S. The molecule has 1 atom stereocenters. The second-order valence-electron chi connectivity index (χ2n) is 6.31. The molecule has 1 rings (SSSR count). The van der Waals surface area contributed by atoms with Gasteiger partial charge in [-0.3, -0.25) is 0 Å². The SMILES string of the molecule is C/C=C/CCS(=O)(=O)N[C@H](C)c1ccc(F)c(OCC(C)(C)O)c1. The molecule has 1 aromatic carbocycles. The summed E-state index contributed by atoms with van der Waals surface area (Å²) in [6, 6.07) is 3.65. The van der Waals surface area contributed by atoms with Crippen LogP contribution in [0.4, 0.5) is 4.39 Å². The number of rotatable bonds is 9. The number of allylic oxidation sites excluding steroid dienone is 2. The van der Waals surface area contributed by atoms with Crippen LogP contribution >= 0.6 is 0 Å². The zero-order chi connectivity index (χ0) is 18.4. The van der Waals surface area contributed by atoms with E-state index in [1.807, 2.05) is 6.92 Å². The Hall–Kier alpha value is -1.44. The Kier molecular flexibility index (Phi) is 7.38. The molecule has 0 spiro atoms. The Labute approximate surface area is 143 Å². The summed E-state index contributed by atoms with van der Waals surface area (Å²) in [6.45, 7) is 6.54. The fraction of sp³-hybridized carbons (Fsp3) is 0.529. The van der Waals surface area contributed by atoms with Gasteiger partial charge in [-0.1, -0.05) is 18.2 Å². The predicted molar refractivity (Wildman–Crippen MR) is 93.0 cm³/mol. The van der Waals surface area contributed by atoms with E-state index < -0.39 is 27.5 Å². The first kappa shape index (κ1) is 20.6. The van der Waals surface area contributed by atoms with Gasteiger partial charge in [0.25, 0.3) is 0 Å². The van der Waals surface area contributed by atoms with Crippen molar-refractivity contribution in [2.45, 2.75) is 45.8 Å². The third kappa shape index (κ3) is 7.42. The minimum atomic E-state index is -3.44. The van der Waals surface area contributed by atoms with Gasteiger partial charge in [0.15, 0.2) is 11.6 Å². The number of nitrogens with one attached hydrogen (secondary N) is 1. The lowest BCUT2D eigenvalue weighted by molar-refractivity contribution is 0.0271. The van der Waals surface area contributed by atoms with Crippen LogP contribution in [0.15, 0.2) is 30.4 Å². The minimum absolute atomic E-state index is 0.00899. The first-order valence-corrected chi connectivity index (χ1v) is 9.45. The zero-order valence-electron chi connectivity index (χ0n) is 14.5. The smallest absolute Gasteiger partial charge is 0.212 e. The summed E-state index contributed by atoms with van der Waals surface area (Å²) in [5.74, 6) is -0.592. The largest absolute Gasteiger partial charge is 0.488 e. The maximum absolute atomic E-state index is 13.8. The predicted octanol–water partition coefficient (Wildman–Crippen LogP) is 2.92. The molecule has 0 amide bonds. The highest BCUT2D eigenvalue weighted by Crippen LogP contribution is 2.24. The molecule has 24 heavy (non-hydrogen) atoms. The Balaban J connectivity index is 2.82. The molecule has 0 saturated carbocycles. The van der Waals surface area contributed by atoms with E-state index in [9.17, 15) is 17.9 Å². The van der Waals surface area contributed by atoms with Crippen molar-refractivity contribution in [1.29, 1.82) is 0 Å². The van der Waals surface area contributed by atoms with E-state index >= 15 is 0 Å². The quantitative estimate of drug-likeness (QED) is 0.665. The van der Waals surface area contributed by atoms with E-state index in [0.29, 0.717) is 12.0 Å². The van der Waals surface area contributed by atoms with Gasteiger partial charge in [0.2, 0.25) is 10.0 Å². The number of halogens is 1. The molecule has 0 aromatic heterocycles. The Morgan fingerprint density at radius 1 is 1.42 bits per heavy atom. The number of hydrogen-bond donors (Lipinski definition) is 2. The van der Waals surface area contributed by atoms with Crippen molar-refractivity contribution in [3.05, 3.63) is 41.7 Å². The highest BCUT2D eigenvalue weighted by molar-refractivity contribution is 7.89. The van der Waals surface area contributed by atoms with Crippen LogP contribution in [0, 0.1) is 5.82 Å². The third-order valence-electron chi connectivity index (χ3n) is 3.18.